The van der Waals surface area contributed by atoms with Crippen molar-refractivity contribution in [1.29, 1.82) is 0 Å². The highest BCUT2D eigenvalue weighted by Gasteiger charge is 2.12. The molecule has 1 rings (SSSR count). The maximum Gasteiger partial charge on any atom is 0.179 e. The lowest BCUT2D eigenvalue weighted by Crippen LogP contribution is -2.31. The smallest absolute Gasteiger partial charge is 0.179 e. The molecule has 1 aromatic rings. The molecule has 120 valence electrons. The van der Waals surface area contributed by atoms with Gasteiger partial charge >= 0.3 is 0 Å². The fourth-order valence-electron chi connectivity index (χ4n) is 1.92. The Morgan fingerprint density at radius 1 is 1.14 bits per heavy atom. The maximum atomic E-state index is 6.33. The molecule has 1 N–H and O–H groups in total. The number of likely N-dealkylation sites (N-methyl/N-ethyl adjacent to an activating group) is 1. The molecule has 0 fully saturated rings. The summed E-state index contributed by atoms with van der Waals surface area (Å²) in [5.74, 6) is 1.22. The topological polar surface area (TPSA) is 43.0 Å². The van der Waals surface area contributed by atoms with Crippen molar-refractivity contribution in [2.45, 2.75) is 6.54 Å². The molecule has 0 amide bonds. The summed E-state index contributed by atoms with van der Waals surface area (Å²) in [6, 6.07) is 3.82. The van der Waals surface area contributed by atoms with E-state index in [-0.39, 0.29) is 0 Å². The minimum absolute atomic E-state index is 0.579. The molecule has 5 nitrogen and oxygen atoms in total. The number of nitrogens with zero attached hydrogens (tertiary/aromatic N) is 1. The monoisotopic (exact) mass is 316 g/mol. The molecule has 0 atom stereocenters. The number of ether oxygens (including phenoxy) is 3. The Hall–Kier alpha value is -1.01. The zero-order valence-corrected chi connectivity index (χ0v) is 14.0. The van der Waals surface area contributed by atoms with Gasteiger partial charge in [-0.25, -0.2) is 0 Å². The van der Waals surface area contributed by atoms with Crippen molar-refractivity contribution >= 4 is 11.6 Å². The lowest BCUT2D eigenvalue weighted by molar-refractivity contribution is 0.161. The highest BCUT2D eigenvalue weighted by Crippen LogP contribution is 2.37. The Labute approximate surface area is 132 Å². The van der Waals surface area contributed by atoms with Gasteiger partial charge in [-0.2, -0.15) is 0 Å². The van der Waals surface area contributed by atoms with E-state index in [9.17, 15) is 0 Å². The Morgan fingerprint density at radius 3 is 2.52 bits per heavy atom. The van der Waals surface area contributed by atoms with Crippen molar-refractivity contribution in [1.82, 2.24) is 10.2 Å². The van der Waals surface area contributed by atoms with Crippen molar-refractivity contribution < 1.29 is 14.2 Å². The Balaban J connectivity index is 2.45. The molecule has 1 aromatic carbocycles. The van der Waals surface area contributed by atoms with Crippen LogP contribution in [0.2, 0.25) is 5.02 Å². The van der Waals surface area contributed by atoms with Crippen LogP contribution in [0.4, 0.5) is 0 Å². The van der Waals surface area contributed by atoms with Crippen LogP contribution < -0.4 is 14.8 Å². The van der Waals surface area contributed by atoms with E-state index in [0.29, 0.717) is 23.1 Å². The average molecular weight is 317 g/mol. The molecule has 0 bridgehead atoms. The summed E-state index contributed by atoms with van der Waals surface area (Å²) in [6.07, 6.45) is 0. The van der Waals surface area contributed by atoms with Crippen LogP contribution in [0, 0.1) is 0 Å². The van der Waals surface area contributed by atoms with Crippen LogP contribution in [0.5, 0.6) is 11.5 Å². The van der Waals surface area contributed by atoms with Crippen LogP contribution >= 0.6 is 11.6 Å². The number of halogens is 1. The minimum atomic E-state index is 0.579. The van der Waals surface area contributed by atoms with E-state index in [0.717, 1.165) is 31.8 Å². The molecule has 0 saturated carbocycles. The maximum absolute atomic E-state index is 6.33. The number of methoxy groups -OCH3 is 3. The van der Waals surface area contributed by atoms with Gasteiger partial charge in [-0.1, -0.05) is 17.7 Å². The van der Waals surface area contributed by atoms with Gasteiger partial charge in [-0.15, -0.1) is 0 Å². The van der Waals surface area contributed by atoms with Crippen molar-refractivity contribution in [3.8, 4) is 11.5 Å². The van der Waals surface area contributed by atoms with Crippen LogP contribution in [-0.4, -0.2) is 59.5 Å². The van der Waals surface area contributed by atoms with E-state index >= 15 is 0 Å². The second-order valence-corrected chi connectivity index (χ2v) is 5.12. The first-order chi connectivity index (χ1) is 10.1. The van der Waals surface area contributed by atoms with E-state index in [2.05, 4.69) is 17.3 Å². The molecule has 21 heavy (non-hydrogen) atoms. The molecule has 0 aliphatic carbocycles. The molecule has 0 spiro atoms. The summed E-state index contributed by atoms with van der Waals surface area (Å²) in [5, 5.41) is 3.97. The molecule has 0 radical (unpaired) electrons. The van der Waals surface area contributed by atoms with E-state index in [1.807, 2.05) is 12.1 Å². The summed E-state index contributed by atoms with van der Waals surface area (Å²) >= 11 is 6.33. The van der Waals surface area contributed by atoms with Crippen LogP contribution in [0.3, 0.4) is 0 Å². The minimum Gasteiger partial charge on any atom is -0.493 e. The normalized spacial score (nSPS) is 11.0. The van der Waals surface area contributed by atoms with Crippen molar-refractivity contribution in [3.05, 3.63) is 22.7 Å². The van der Waals surface area contributed by atoms with Crippen molar-refractivity contribution in [2.24, 2.45) is 0 Å². The van der Waals surface area contributed by atoms with Gasteiger partial charge in [0.2, 0.25) is 0 Å². The van der Waals surface area contributed by atoms with Crippen molar-refractivity contribution in [3.63, 3.8) is 0 Å². The molecule has 0 aliphatic heterocycles. The summed E-state index contributed by atoms with van der Waals surface area (Å²) < 4.78 is 15.6. The molecule has 0 aliphatic rings. The predicted octanol–water partition coefficient (Wildman–Crippen LogP) is 2.03. The van der Waals surface area contributed by atoms with Gasteiger partial charge in [0.25, 0.3) is 0 Å². The third-order valence-corrected chi connectivity index (χ3v) is 3.64. The first kappa shape index (κ1) is 18.0. The second-order valence-electron chi connectivity index (χ2n) is 4.75. The summed E-state index contributed by atoms with van der Waals surface area (Å²) in [7, 11) is 6.98. The fraction of sp³-hybridized carbons (Fsp3) is 0.600. The molecular weight excluding hydrogens is 292 g/mol. The van der Waals surface area contributed by atoms with E-state index in [1.165, 1.54) is 0 Å². The predicted molar refractivity (Wildman–Crippen MR) is 85.6 cm³/mol. The van der Waals surface area contributed by atoms with E-state index in [4.69, 9.17) is 25.8 Å². The number of rotatable bonds is 10. The third-order valence-electron chi connectivity index (χ3n) is 3.23. The molecule has 0 unspecified atom stereocenters. The first-order valence-electron chi connectivity index (χ1n) is 6.91. The SMILES string of the molecule is COCCN(C)CCNCc1ccc(OC)c(OC)c1Cl. The standard InChI is InChI=1S/C15H25ClN2O3/c1-18(9-10-19-2)8-7-17-11-12-5-6-13(20-3)15(21-4)14(12)16/h5-6,17H,7-11H2,1-4H3. The number of benzene rings is 1. The van der Waals surface area contributed by atoms with E-state index < -0.39 is 0 Å². The quantitative estimate of drug-likeness (QED) is 0.669. The Kier molecular flexibility index (Phi) is 8.45. The van der Waals surface area contributed by atoms with Gasteiger partial charge in [0, 0.05) is 33.3 Å². The highest BCUT2D eigenvalue weighted by atomic mass is 35.5. The molecule has 0 heterocycles. The number of hydrogen-bond acceptors (Lipinski definition) is 5. The number of nitrogens with one attached hydrogen (secondary N) is 1. The lowest BCUT2D eigenvalue weighted by atomic mass is 10.2. The number of hydrogen-bond donors (Lipinski definition) is 1. The summed E-state index contributed by atoms with van der Waals surface area (Å²) in [5.41, 5.74) is 0.994. The summed E-state index contributed by atoms with van der Waals surface area (Å²) in [6.45, 7) is 4.20. The Morgan fingerprint density at radius 2 is 1.90 bits per heavy atom. The van der Waals surface area contributed by atoms with Gasteiger partial charge in [0.15, 0.2) is 11.5 Å². The largest absolute Gasteiger partial charge is 0.493 e. The van der Waals surface area contributed by atoms with Gasteiger partial charge in [-0.3, -0.25) is 0 Å². The van der Waals surface area contributed by atoms with Gasteiger partial charge < -0.3 is 24.4 Å². The Bertz CT molecular complexity index is 430. The van der Waals surface area contributed by atoms with Gasteiger partial charge in [0.05, 0.1) is 25.8 Å². The van der Waals surface area contributed by atoms with Crippen LogP contribution in [0.15, 0.2) is 12.1 Å². The van der Waals surface area contributed by atoms with Crippen LogP contribution in [0.25, 0.3) is 0 Å². The van der Waals surface area contributed by atoms with Gasteiger partial charge in [-0.05, 0) is 18.7 Å². The third kappa shape index (κ3) is 5.71. The molecule has 0 saturated heterocycles. The zero-order valence-electron chi connectivity index (χ0n) is 13.2. The average Bonchev–Trinajstić information content (AvgIpc) is 2.50. The fourth-order valence-corrected chi connectivity index (χ4v) is 2.22. The molecule has 6 heteroatoms. The molecular formula is C15H25ClN2O3. The van der Waals surface area contributed by atoms with E-state index in [1.54, 1.807) is 21.3 Å². The van der Waals surface area contributed by atoms with Crippen LogP contribution in [0.1, 0.15) is 5.56 Å². The highest BCUT2D eigenvalue weighted by molar-refractivity contribution is 6.33. The molecule has 0 aromatic heterocycles. The lowest BCUT2D eigenvalue weighted by Gasteiger charge is -2.17. The van der Waals surface area contributed by atoms with Gasteiger partial charge in [0.1, 0.15) is 0 Å². The zero-order chi connectivity index (χ0) is 15.7. The van der Waals surface area contributed by atoms with Crippen molar-refractivity contribution in [2.75, 3.05) is 54.6 Å². The summed E-state index contributed by atoms with van der Waals surface area (Å²) in [4.78, 5) is 2.21. The first-order valence-corrected chi connectivity index (χ1v) is 7.29. The van der Waals surface area contributed by atoms with Crippen LogP contribution in [-0.2, 0) is 11.3 Å². The second kappa shape index (κ2) is 9.84.